The lowest BCUT2D eigenvalue weighted by atomic mass is 10.3. The molecule has 2 aromatic rings. The molecule has 0 saturated heterocycles. The number of nitrogens with zero attached hydrogens (tertiary/aromatic N) is 4. The molecule has 0 radical (unpaired) electrons. The second-order valence-electron chi connectivity index (χ2n) is 2.90. The minimum absolute atomic E-state index is 0.0856. The molecule has 0 spiro atoms. The Hall–Kier alpha value is -1.30. The van der Waals surface area contributed by atoms with Crippen LogP contribution in [0.25, 0.3) is 11.6 Å². The van der Waals surface area contributed by atoms with E-state index in [1.807, 2.05) is 6.92 Å². The highest BCUT2D eigenvalue weighted by atomic mass is 79.9. The van der Waals surface area contributed by atoms with E-state index in [1.165, 1.54) is 0 Å². The van der Waals surface area contributed by atoms with Crippen LogP contribution in [0.15, 0.2) is 23.0 Å². The van der Waals surface area contributed by atoms with E-state index >= 15 is 0 Å². The summed E-state index contributed by atoms with van der Waals surface area (Å²) in [5, 5.41) is 3.81. The Morgan fingerprint density at radius 3 is 2.73 bits per heavy atom. The summed E-state index contributed by atoms with van der Waals surface area (Å²) in [5.74, 6) is 1.45. The SMILES string of the molecule is CCC(Br)c1nc(-c2ncccn2)no1. The molecular weight excluding hydrogens is 260 g/mol. The number of halogens is 1. The zero-order valence-corrected chi connectivity index (χ0v) is 9.68. The number of hydrogen-bond donors (Lipinski definition) is 0. The maximum Gasteiger partial charge on any atom is 0.240 e. The summed E-state index contributed by atoms with van der Waals surface area (Å²) in [4.78, 5) is 12.4. The molecule has 0 saturated carbocycles. The topological polar surface area (TPSA) is 64.7 Å². The monoisotopic (exact) mass is 268 g/mol. The fourth-order valence-electron chi connectivity index (χ4n) is 1.04. The summed E-state index contributed by atoms with van der Waals surface area (Å²) in [6, 6.07) is 1.74. The third kappa shape index (κ3) is 2.20. The van der Waals surface area contributed by atoms with Gasteiger partial charge in [-0.1, -0.05) is 28.0 Å². The first-order valence-electron chi connectivity index (χ1n) is 4.56. The van der Waals surface area contributed by atoms with Gasteiger partial charge in [0.05, 0.1) is 4.83 Å². The van der Waals surface area contributed by atoms with Crippen molar-refractivity contribution in [3.05, 3.63) is 24.4 Å². The van der Waals surface area contributed by atoms with Gasteiger partial charge in [-0.3, -0.25) is 0 Å². The normalized spacial score (nSPS) is 12.7. The van der Waals surface area contributed by atoms with Crippen LogP contribution in [-0.4, -0.2) is 20.1 Å². The molecule has 0 amide bonds. The Labute approximate surface area is 95.1 Å². The van der Waals surface area contributed by atoms with Crippen LogP contribution in [0.1, 0.15) is 24.1 Å². The van der Waals surface area contributed by atoms with E-state index in [0.717, 1.165) is 6.42 Å². The highest BCUT2D eigenvalue weighted by Crippen LogP contribution is 2.25. The molecule has 0 fully saturated rings. The maximum absolute atomic E-state index is 5.08. The first kappa shape index (κ1) is 10.2. The third-order valence-corrected chi connectivity index (χ3v) is 2.87. The molecule has 0 aliphatic carbocycles. The summed E-state index contributed by atoms with van der Waals surface area (Å²) in [7, 11) is 0. The van der Waals surface area contributed by atoms with Gasteiger partial charge in [-0.25, -0.2) is 9.97 Å². The third-order valence-electron chi connectivity index (χ3n) is 1.83. The lowest BCUT2D eigenvalue weighted by Crippen LogP contribution is -1.90. The maximum atomic E-state index is 5.08. The predicted molar refractivity (Wildman–Crippen MR) is 57.3 cm³/mol. The van der Waals surface area contributed by atoms with E-state index in [9.17, 15) is 0 Å². The van der Waals surface area contributed by atoms with Crippen LogP contribution in [0.3, 0.4) is 0 Å². The van der Waals surface area contributed by atoms with Crippen molar-refractivity contribution in [2.75, 3.05) is 0 Å². The summed E-state index contributed by atoms with van der Waals surface area (Å²) in [5.41, 5.74) is 0. The van der Waals surface area contributed by atoms with Gasteiger partial charge >= 0.3 is 0 Å². The molecule has 2 heterocycles. The molecule has 6 heteroatoms. The van der Waals surface area contributed by atoms with Gasteiger partial charge in [-0.2, -0.15) is 4.98 Å². The van der Waals surface area contributed by atoms with Crippen molar-refractivity contribution in [2.24, 2.45) is 0 Å². The number of hydrogen-bond acceptors (Lipinski definition) is 5. The van der Waals surface area contributed by atoms with Crippen molar-refractivity contribution in [1.29, 1.82) is 0 Å². The van der Waals surface area contributed by atoms with E-state index in [0.29, 0.717) is 17.5 Å². The van der Waals surface area contributed by atoms with Crippen molar-refractivity contribution in [2.45, 2.75) is 18.2 Å². The molecule has 2 aromatic heterocycles. The lowest BCUT2D eigenvalue weighted by molar-refractivity contribution is 0.376. The first-order chi connectivity index (χ1) is 7.31. The molecule has 0 N–H and O–H groups in total. The van der Waals surface area contributed by atoms with Crippen LogP contribution < -0.4 is 0 Å². The van der Waals surface area contributed by atoms with Crippen LogP contribution in [0.4, 0.5) is 0 Å². The van der Waals surface area contributed by atoms with Gasteiger partial charge in [-0.05, 0) is 12.5 Å². The van der Waals surface area contributed by atoms with Gasteiger partial charge in [0, 0.05) is 12.4 Å². The van der Waals surface area contributed by atoms with Crippen LogP contribution >= 0.6 is 15.9 Å². The fraction of sp³-hybridized carbons (Fsp3) is 0.333. The van der Waals surface area contributed by atoms with Crippen molar-refractivity contribution in [3.63, 3.8) is 0 Å². The van der Waals surface area contributed by atoms with Crippen molar-refractivity contribution < 1.29 is 4.52 Å². The minimum Gasteiger partial charge on any atom is -0.338 e. The predicted octanol–water partition coefficient (Wildman–Crippen LogP) is 2.37. The van der Waals surface area contributed by atoms with E-state index in [1.54, 1.807) is 18.5 Å². The number of aromatic nitrogens is 4. The molecule has 0 aliphatic heterocycles. The average molecular weight is 269 g/mol. The Morgan fingerprint density at radius 2 is 2.07 bits per heavy atom. The largest absolute Gasteiger partial charge is 0.338 e. The number of rotatable bonds is 3. The zero-order chi connectivity index (χ0) is 10.7. The van der Waals surface area contributed by atoms with Crippen molar-refractivity contribution >= 4 is 15.9 Å². The summed E-state index contributed by atoms with van der Waals surface area (Å²) >= 11 is 3.43. The van der Waals surface area contributed by atoms with Gasteiger partial charge in [0.15, 0.2) is 0 Å². The highest BCUT2D eigenvalue weighted by molar-refractivity contribution is 9.09. The van der Waals surface area contributed by atoms with Gasteiger partial charge < -0.3 is 4.52 Å². The average Bonchev–Trinajstić information content (AvgIpc) is 2.78. The quantitative estimate of drug-likeness (QED) is 0.800. The Kier molecular flexibility index (Phi) is 3.05. The summed E-state index contributed by atoms with van der Waals surface area (Å²) < 4.78 is 5.08. The Balaban J connectivity index is 2.28. The Morgan fingerprint density at radius 1 is 1.33 bits per heavy atom. The molecular formula is C9H9BrN4O. The zero-order valence-electron chi connectivity index (χ0n) is 8.09. The standard InChI is InChI=1S/C9H9BrN4O/c1-2-6(10)9-13-8(14-15-9)7-11-4-3-5-12-7/h3-6H,2H2,1H3. The lowest BCUT2D eigenvalue weighted by Gasteiger charge is -1.96. The van der Waals surface area contributed by atoms with Crippen molar-refractivity contribution in [1.82, 2.24) is 20.1 Å². The first-order valence-corrected chi connectivity index (χ1v) is 5.48. The molecule has 78 valence electrons. The van der Waals surface area contributed by atoms with E-state index in [4.69, 9.17) is 4.52 Å². The van der Waals surface area contributed by atoms with Crippen LogP contribution in [0.5, 0.6) is 0 Å². The molecule has 0 aliphatic rings. The van der Waals surface area contributed by atoms with Gasteiger partial charge in [0.25, 0.3) is 0 Å². The summed E-state index contributed by atoms with van der Waals surface area (Å²) in [6.07, 6.45) is 4.17. The molecule has 1 atom stereocenters. The molecule has 1 unspecified atom stereocenters. The van der Waals surface area contributed by atoms with Crippen molar-refractivity contribution in [3.8, 4) is 11.6 Å². The molecule has 15 heavy (non-hydrogen) atoms. The molecule has 2 rings (SSSR count). The van der Waals surface area contributed by atoms with Crippen LogP contribution in [-0.2, 0) is 0 Å². The van der Waals surface area contributed by atoms with E-state index < -0.39 is 0 Å². The van der Waals surface area contributed by atoms with Gasteiger partial charge in [0.1, 0.15) is 0 Å². The summed E-state index contributed by atoms with van der Waals surface area (Å²) in [6.45, 7) is 2.03. The Bertz CT molecular complexity index is 431. The van der Waals surface area contributed by atoms with Gasteiger partial charge in [0.2, 0.25) is 17.5 Å². The second kappa shape index (κ2) is 4.48. The fourth-order valence-corrected chi connectivity index (χ4v) is 1.23. The molecule has 0 aromatic carbocycles. The van der Waals surface area contributed by atoms with Gasteiger partial charge in [-0.15, -0.1) is 0 Å². The smallest absolute Gasteiger partial charge is 0.240 e. The van der Waals surface area contributed by atoms with E-state index in [-0.39, 0.29) is 4.83 Å². The molecule has 5 nitrogen and oxygen atoms in total. The second-order valence-corrected chi connectivity index (χ2v) is 4.01. The highest BCUT2D eigenvalue weighted by Gasteiger charge is 2.15. The van der Waals surface area contributed by atoms with Crippen LogP contribution in [0.2, 0.25) is 0 Å². The minimum atomic E-state index is 0.0856. The molecule has 0 bridgehead atoms. The van der Waals surface area contributed by atoms with E-state index in [2.05, 4.69) is 36.0 Å². The van der Waals surface area contributed by atoms with Crippen LogP contribution in [0, 0.1) is 0 Å². The number of alkyl halides is 1.